The minimum atomic E-state index is -0.249. The maximum atomic E-state index is 13.9. The topological polar surface area (TPSA) is 12.0 Å². The van der Waals surface area contributed by atoms with Gasteiger partial charge in [0.2, 0.25) is 0 Å². The Balaban J connectivity index is 2.26. The Bertz CT molecular complexity index is 601. The number of hydrogen-bond donors (Lipinski definition) is 1. The fourth-order valence-corrected chi connectivity index (χ4v) is 2.59. The van der Waals surface area contributed by atoms with Gasteiger partial charge < -0.3 is 5.32 Å². The van der Waals surface area contributed by atoms with Crippen molar-refractivity contribution in [1.82, 2.24) is 5.32 Å². The Hall–Kier alpha value is -0.900. The second kappa shape index (κ2) is 7.21. The standard InChI is InChI=1S/C16H16BrClFN/c1-2-7-20-10-12-4-3-11(8-15(12)18)14-9-13(17)5-6-16(14)19/h3-6,8-9,20H,2,7,10H2,1H3. The molecule has 0 spiro atoms. The molecule has 0 aliphatic heterocycles. The highest BCUT2D eigenvalue weighted by Gasteiger charge is 2.08. The van der Waals surface area contributed by atoms with Gasteiger partial charge >= 0.3 is 0 Å². The van der Waals surface area contributed by atoms with Crippen molar-refractivity contribution >= 4 is 27.5 Å². The first kappa shape index (κ1) is 15.5. The summed E-state index contributed by atoms with van der Waals surface area (Å²) in [5.41, 5.74) is 2.36. The predicted molar refractivity (Wildman–Crippen MR) is 86.5 cm³/mol. The van der Waals surface area contributed by atoms with Crippen molar-refractivity contribution in [3.8, 4) is 11.1 Å². The maximum Gasteiger partial charge on any atom is 0.131 e. The molecule has 0 aliphatic rings. The molecule has 4 heteroatoms. The van der Waals surface area contributed by atoms with Crippen LogP contribution in [0, 0.1) is 5.82 Å². The third-order valence-electron chi connectivity index (χ3n) is 3.03. The zero-order valence-electron chi connectivity index (χ0n) is 11.2. The number of benzene rings is 2. The van der Waals surface area contributed by atoms with Crippen LogP contribution in [0.25, 0.3) is 11.1 Å². The minimum Gasteiger partial charge on any atom is -0.313 e. The second-order valence-corrected chi connectivity index (χ2v) is 5.93. The van der Waals surface area contributed by atoms with Crippen molar-refractivity contribution < 1.29 is 4.39 Å². The molecule has 0 saturated heterocycles. The molecule has 0 atom stereocenters. The summed E-state index contributed by atoms with van der Waals surface area (Å²) < 4.78 is 14.7. The maximum absolute atomic E-state index is 13.9. The van der Waals surface area contributed by atoms with Crippen LogP contribution < -0.4 is 5.32 Å². The van der Waals surface area contributed by atoms with Crippen LogP contribution in [0.1, 0.15) is 18.9 Å². The molecule has 0 heterocycles. The Morgan fingerprint density at radius 2 is 2.00 bits per heavy atom. The minimum absolute atomic E-state index is 0.249. The van der Waals surface area contributed by atoms with Gasteiger partial charge in [0.15, 0.2) is 0 Å². The Morgan fingerprint density at radius 3 is 2.70 bits per heavy atom. The van der Waals surface area contributed by atoms with E-state index >= 15 is 0 Å². The van der Waals surface area contributed by atoms with Crippen molar-refractivity contribution in [1.29, 1.82) is 0 Å². The average molecular weight is 357 g/mol. The fraction of sp³-hybridized carbons (Fsp3) is 0.250. The van der Waals surface area contributed by atoms with E-state index in [1.807, 2.05) is 18.2 Å². The van der Waals surface area contributed by atoms with Gasteiger partial charge in [-0.1, -0.05) is 46.6 Å². The third kappa shape index (κ3) is 3.81. The van der Waals surface area contributed by atoms with Crippen molar-refractivity contribution in [2.45, 2.75) is 19.9 Å². The molecular weight excluding hydrogens is 341 g/mol. The lowest BCUT2D eigenvalue weighted by molar-refractivity contribution is 0.631. The molecule has 0 aromatic heterocycles. The highest BCUT2D eigenvalue weighted by atomic mass is 79.9. The van der Waals surface area contributed by atoms with E-state index in [1.54, 1.807) is 12.1 Å². The monoisotopic (exact) mass is 355 g/mol. The van der Waals surface area contributed by atoms with E-state index in [4.69, 9.17) is 11.6 Å². The molecule has 2 aromatic carbocycles. The van der Waals surface area contributed by atoms with Gasteiger partial charge in [0, 0.05) is 21.6 Å². The quantitative estimate of drug-likeness (QED) is 0.706. The fourth-order valence-electron chi connectivity index (χ4n) is 1.98. The Morgan fingerprint density at radius 1 is 1.20 bits per heavy atom. The van der Waals surface area contributed by atoms with Crippen LogP contribution >= 0.6 is 27.5 Å². The highest BCUT2D eigenvalue weighted by molar-refractivity contribution is 9.10. The molecule has 0 amide bonds. The van der Waals surface area contributed by atoms with Gasteiger partial charge in [-0.3, -0.25) is 0 Å². The molecule has 0 bridgehead atoms. The molecule has 2 aromatic rings. The normalized spacial score (nSPS) is 10.8. The van der Waals surface area contributed by atoms with E-state index in [-0.39, 0.29) is 5.82 Å². The summed E-state index contributed by atoms with van der Waals surface area (Å²) >= 11 is 9.64. The lowest BCUT2D eigenvalue weighted by atomic mass is 10.0. The van der Waals surface area contributed by atoms with E-state index < -0.39 is 0 Å². The molecule has 2 rings (SSSR count). The van der Waals surface area contributed by atoms with Crippen LogP contribution in [0.15, 0.2) is 40.9 Å². The van der Waals surface area contributed by atoms with E-state index in [1.165, 1.54) is 6.07 Å². The van der Waals surface area contributed by atoms with Crippen molar-refractivity contribution in [2.24, 2.45) is 0 Å². The van der Waals surface area contributed by atoms with E-state index in [0.29, 0.717) is 10.6 Å². The zero-order chi connectivity index (χ0) is 14.5. The van der Waals surface area contributed by atoms with E-state index in [9.17, 15) is 4.39 Å². The van der Waals surface area contributed by atoms with Gasteiger partial charge in [-0.25, -0.2) is 4.39 Å². The summed E-state index contributed by atoms with van der Waals surface area (Å²) in [6.45, 7) is 3.81. The van der Waals surface area contributed by atoms with Gasteiger partial charge in [-0.15, -0.1) is 0 Å². The van der Waals surface area contributed by atoms with Gasteiger partial charge in [-0.05, 0) is 48.4 Å². The van der Waals surface area contributed by atoms with Gasteiger partial charge in [0.05, 0.1) is 0 Å². The van der Waals surface area contributed by atoms with Crippen molar-refractivity contribution in [2.75, 3.05) is 6.54 Å². The first-order chi connectivity index (χ1) is 9.61. The van der Waals surface area contributed by atoms with Gasteiger partial charge in [-0.2, -0.15) is 0 Å². The first-order valence-corrected chi connectivity index (χ1v) is 7.73. The zero-order valence-corrected chi connectivity index (χ0v) is 13.6. The average Bonchev–Trinajstić information content (AvgIpc) is 2.43. The van der Waals surface area contributed by atoms with Crippen molar-refractivity contribution in [3.63, 3.8) is 0 Å². The number of halogens is 3. The van der Waals surface area contributed by atoms with Gasteiger partial charge in [0.25, 0.3) is 0 Å². The molecule has 106 valence electrons. The van der Waals surface area contributed by atoms with Crippen LogP contribution in [-0.4, -0.2) is 6.54 Å². The van der Waals surface area contributed by atoms with Crippen LogP contribution in [0.4, 0.5) is 4.39 Å². The summed E-state index contributed by atoms with van der Waals surface area (Å²) in [4.78, 5) is 0. The lowest BCUT2D eigenvalue weighted by Gasteiger charge is -2.09. The van der Waals surface area contributed by atoms with E-state index in [0.717, 1.165) is 35.1 Å². The molecular formula is C16H16BrClFN. The second-order valence-electron chi connectivity index (χ2n) is 4.61. The van der Waals surface area contributed by atoms with Crippen LogP contribution in [0.2, 0.25) is 5.02 Å². The number of nitrogens with one attached hydrogen (secondary N) is 1. The van der Waals surface area contributed by atoms with Crippen LogP contribution in [0.5, 0.6) is 0 Å². The first-order valence-electron chi connectivity index (χ1n) is 6.56. The Labute approximate surface area is 132 Å². The SMILES string of the molecule is CCCNCc1ccc(-c2cc(Br)ccc2F)cc1Cl. The highest BCUT2D eigenvalue weighted by Crippen LogP contribution is 2.29. The molecule has 0 unspecified atom stereocenters. The van der Waals surface area contributed by atoms with E-state index in [2.05, 4.69) is 28.2 Å². The lowest BCUT2D eigenvalue weighted by Crippen LogP contribution is -2.13. The summed E-state index contributed by atoms with van der Waals surface area (Å²) in [6.07, 6.45) is 1.08. The molecule has 0 radical (unpaired) electrons. The Kier molecular flexibility index (Phi) is 5.58. The molecule has 1 N–H and O–H groups in total. The molecule has 0 fully saturated rings. The summed E-state index contributed by atoms with van der Waals surface area (Å²) in [6, 6.07) is 10.6. The molecule has 20 heavy (non-hydrogen) atoms. The smallest absolute Gasteiger partial charge is 0.131 e. The van der Waals surface area contributed by atoms with Crippen LogP contribution in [-0.2, 0) is 6.54 Å². The molecule has 1 nitrogen and oxygen atoms in total. The summed E-state index contributed by atoms with van der Waals surface area (Å²) in [5, 5.41) is 3.96. The largest absolute Gasteiger partial charge is 0.313 e. The third-order valence-corrected chi connectivity index (χ3v) is 3.88. The molecule has 0 saturated carbocycles. The molecule has 0 aliphatic carbocycles. The van der Waals surface area contributed by atoms with Gasteiger partial charge in [0.1, 0.15) is 5.82 Å². The number of rotatable bonds is 5. The van der Waals surface area contributed by atoms with Crippen LogP contribution in [0.3, 0.4) is 0 Å². The summed E-state index contributed by atoms with van der Waals surface area (Å²) in [7, 11) is 0. The predicted octanol–water partition coefficient (Wildman–Crippen LogP) is 5.41. The summed E-state index contributed by atoms with van der Waals surface area (Å²) in [5.74, 6) is -0.249. The number of hydrogen-bond acceptors (Lipinski definition) is 1. The van der Waals surface area contributed by atoms with Crippen molar-refractivity contribution in [3.05, 3.63) is 57.3 Å².